The van der Waals surface area contributed by atoms with Crippen LogP contribution in [0.1, 0.15) is 4.88 Å². The number of rotatable bonds is 2. The van der Waals surface area contributed by atoms with Crippen molar-refractivity contribution in [2.45, 2.75) is 5.16 Å². The zero-order chi connectivity index (χ0) is 15.2. The first-order valence-corrected chi connectivity index (χ1v) is 8.67. The van der Waals surface area contributed by atoms with Crippen molar-refractivity contribution >= 4 is 28.8 Å². The molecule has 0 bridgehead atoms. The molecule has 0 amide bonds. The molecule has 0 radical (unpaired) electrons. The molecular formula is C15H10N4O2S2. The Kier molecular flexibility index (Phi) is 2.85. The summed E-state index contributed by atoms with van der Waals surface area (Å²) in [6.45, 7) is 0.260. The number of benzene rings is 1. The fraction of sp³-hybridized carbons (Fsp3) is 0.0667. The van der Waals surface area contributed by atoms with E-state index in [0.29, 0.717) is 0 Å². The summed E-state index contributed by atoms with van der Waals surface area (Å²) < 4.78 is 12.7. The van der Waals surface area contributed by atoms with Gasteiger partial charge in [0.25, 0.3) is 0 Å². The van der Waals surface area contributed by atoms with Crippen molar-refractivity contribution in [3.63, 3.8) is 0 Å². The van der Waals surface area contributed by atoms with Crippen molar-refractivity contribution in [1.82, 2.24) is 14.9 Å². The molecule has 0 aliphatic carbocycles. The molecule has 114 valence electrons. The van der Waals surface area contributed by atoms with Crippen LogP contribution >= 0.6 is 23.1 Å². The van der Waals surface area contributed by atoms with E-state index in [0.717, 1.165) is 33.7 Å². The fourth-order valence-electron chi connectivity index (χ4n) is 2.47. The highest BCUT2D eigenvalue weighted by Crippen LogP contribution is 2.37. The summed E-state index contributed by atoms with van der Waals surface area (Å²) >= 11 is 3.24. The normalized spacial score (nSPS) is 15.0. The first kappa shape index (κ1) is 13.0. The van der Waals surface area contributed by atoms with Gasteiger partial charge in [0.2, 0.25) is 11.9 Å². The zero-order valence-electron chi connectivity index (χ0n) is 11.7. The molecule has 23 heavy (non-hydrogen) atoms. The lowest BCUT2D eigenvalue weighted by atomic mass is 10.2. The van der Waals surface area contributed by atoms with E-state index in [1.54, 1.807) is 23.1 Å². The van der Waals surface area contributed by atoms with Crippen molar-refractivity contribution in [1.29, 1.82) is 0 Å². The summed E-state index contributed by atoms with van der Waals surface area (Å²) in [5.74, 6) is 2.24. The van der Waals surface area contributed by atoms with E-state index in [1.165, 1.54) is 4.88 Å². The maximum absolute atomic E-state index is 5.45. The Hall–Kier alpha value is -2.45. The number of ether oxygens (including phenoxy) is 2. The quantitative estimate of drug-likeness (QED) is 0.770. The molecule has 0 fully saturated rings. The monoisotopic (exact) mass is 342 g/mol. The summed E-state index contributed by atoms with van der Waals surface area (Å²) in [4.78, 5) is 1.17. The van der Waals surface area contributed by atoms with Crippen LogP contribution in [0.2, 0.25) is 0 Å². The molecule has 0 saturated carbocycles. The second-order valence-electron chi connectivity index (χ2n) is 4.95. The lowest BCUT2D eigenvalue weighted by molar-refractivity contribution is 0.174. The van der Waals surface area contributed by atoms with Crippen LogP contribution in [-0.2, 0) is 0 Å². The van der Waals surface area contributed by atoms with Crippen molar-refractivity contribution in [2.75, 3.05) is 12.2 Å². The summed E-state index contributed by atoms with van der Waals surface area (Å²) in [5, 5.41) is 13.5. The van der Waals surface area contributed by atoms with Gasteiger partial charge in [0.1, 0.15) is 0 Å². The average molecular weight is 342 g/mol. The topological polar surface area (TPSA) is 61.2 Å². The molecule has 0 spiro atoms. The average Bonchev–Trinajstić information content (AvgIpc) is 3.32. The Balaban J connectivity index is 1.54. The molecular weight excluding hydrogens is 332 g/mol. The Morgan fingerprint density at radius 2 is 2.09 bits per heavy atom. The van der Waals surface area contributed by atoms with Gasteiger partial charge in [-0.1, -0.05) is 17.8 Å². The lowest BCUT2D eigenvalue weighted by Crippen LogP contribution is -2.17. The number of thioether (sulfide) groups is 1. The van der Waals surface area contributed by atoms with Gasteiger partial charge in [-0.05, 0) is 29.6 Å². The smallest absolute Gasteiger partial charge is 0.231 e. The van der Waals surface area contributed by atoms with Gasteiger partial charge in [0, 0.05) is 11.0 Å². The molecule has 1 aromatic carbocycles. The summed E-state index contributed by atoms with van der Waals surface area (Å²) in [7, 11) is 0. The number of thiophene rings is 1. The maximum Gasteiger partial charge on any atom is 0.231 e. The van der Waals surface area contributed by atoms with E-state index in [1.807, 2.05) is 28.9 Å². The van der Waals surface area contributed by atoms with E-state index in [4.69, 9.17) is 9.47 Å². The third-order valence-electron chi connectivity index (χ3n) is 3.57. The van der Waals surface area contributed by atoms with Crippen LogP contribution in [0.15, 0.2) is 46.3 Å². The van der Waals surface area contributed by atoms with Gasteiger partial charge in [-0.3, -0.25) is 5.43 Å². The highest BCUT2D eigenvalue weighted by molar-refractivity contribution is 8.02. The number of hydrogen-bond acceptors (Lipinski definition) is 7. The van der Waals surface area contributed by atoms with Gasteiger partial charge in [-0.2, -0.15) is 0 Å². The predicted octanol–water partition coefficient (Wildman–Crippen LogP) is 3.38. The van der Waals surface area contributed by atoms with Crippen LogP contribution in [0.5, 0.6) is 11.5 Å². The van der Waals surface area contributed by atoms with Crippen LogP contribution in [0.4, 0.5) is 0 Å². The van der Waals surface area contributed by atoms with Crippen LogP contribution in [-0.4, -0.2) is 21.7 Å². The second kappa shape index (κ2) is 5.04. The zero-order valence-corrected chi connectivity index (χ0v) is 13.4. The van der Waals surface area contributed by atoms with Gasteiger partial charge in [-0.15, -0.1) is 21.5 Å². The predicted molar refractivity (Wildman–Crippen MR) is 89.1 cm³/mol. The standard InChI is InChI=1S/C15H10N4O2S2/c1-2-13(22-5-1)10-7-23-15-17-16-14(19(15)18-10)9-3-4-11-12(6-9)21-8-20-11/h1-7,18H,8H2. The summed E-state index contributed by atoms with van der Waals surface area (Å²) in [6.07, 6.45) is 0. The number of nitrogens with one attached hydrogen (secondary N) is 1. The molecule has 1 N–H and O–H groups in total. The first-order valence-electron chi connectivity index (χ1n) is 6.92. The molecule has 3 aromatic rings. The number of nitrogens with zero attached hydrogens (tertiary/aromatic N) is 3. The molecule has 0 atom stereocenters. The number of hydrogen-bond donors (Lipinski definition) is 1. The van der Waals surface area contributed by atoms with Crippen LogP contribution in [0, 0.1) is 0 Å². The van der Waals surface area contributed by atoms with Crippen LogP contribution in [0.25, 0.3) is 17.1 Å². The van der Waals surface area contributed by atoms with E-state index >= 15 is 0 Å². The lowest BCUT2D eigenvalue weighted by Gasteiger charge is -2.18. The Bertz CT molecular complexity index is 918. The maximum atomic E-state index is 5.45. The van der Waals surface area contributed by atoms with E-state index in [2.05, 4.69) is 32.5 Å². The Morgan fingerprint density at radius 1 is 1.13 bits per heavy atom. The van der Waals surface area contributed by atoms with Gasteiger partial charge >= 0.3 is 0 Å². The van der Waals surface area contributed by atoms with Gasteiger partial charge < -0.3 is 9.47 Å². The third kappa shape index (κ3) is 2.10. The Morgan fingerprint density at radius 3 is 3.00 bits per heavy atom. The van der Waals surface area contributed by atoms with E-state index < -0.39 is 0 Å². The molecule has 2 aliphatic heterocycles. The molecule has 5 rings (SSSR count). The second-order valence-corrected chi connectivity index (χ2v) is 6.73. The molecule has 4 heterocycles. The number of aromatic nitrogens is 3. The van der Waals surface area contributed by atoms with Crippen molar-refractivity contribution in [3.05, 3.63) is 46.0 Å². The number of fused-ring (bicyclic) bond motifs is 2. The Labute approximate surface area is 139 Å². The minimum absolute atomic E-state index is 0.260. The van der Waals surface area contributed by atoms with Gasteiger partial charge in [0.15, 0.2) is 17.3 Å². The molecule has 0 unspecified atom stereocenters. The highest BCUT2D eigenvalue weighted by atomic mass is 32.2. The van der Waals surface area contributed by atoms with Crippen LogP contribution in [0.3, 0.4) is 0 Å². The molecule has 2 aliphatic rings. The van der Waals surface area contributed by atoms with Crippen molar-refractivity contribution < 1.29 is 9.47 Å². The SMILES string of the molecule is C1=C(c2cccs2)Nn2c(nnc2-c2ccc3c(c2)OCO3)S1. The summed E-state index contributed by atoms with van der Waals surface area (Å²) in [5.41, 5.74) is 5.35. The largest absolute Gasteiger partial charge is 0.454 e. The minimum atomic E-state index is 0.260. The third-order valence-corrected chi connectivity index (χ3v) is 5.30. The van der Waals surface area contributed by atoms with Gasteiger partial charge in [0.05, 0.1) is 10.6 Å². The van der Waals surface area contributed by atoms with E-state index in [-0.39, 0.29) is 6.79 Å². The van der Waals surface area contributed by atoms with Crippen molar-refractivity contribution in [2.24, 2.45) is 0 Å². The fourth-order valence-corrected chi connectivity index (χ4v) is 3.97. The highest BCUT2D eigenvalue weighted by Gasteiger charge is 2.22. The van der Waals surface area contributed by atoms with Crippen LogP contribution < -0.4 is 14.9 Å². The van der Waals surface area contributed by atoms with Gasteiger partial charge in [-0.25, -0.2) is 4.68 Å². The first-order chi connectivity index (χ1) is 11.4. The summed E-state index contributed by atoms with van der Waals surface area (Å²) in [6, 6.07) is 9.90. The van der Waals surface area contributed by atoms with Crippen molar-refractivity contribution in [3.8, 4) is 22.9 Å². The molecule has 2 aromatic heterocycles. The van der Waals surface area contributed by atoms with E-state index in [9.17, 15) is 0 Å². The molecule has 0 saturated heterocycles. The molecule has 8 heteroatoms. The minimum Gasteiger partial charge on any atom is -0.454 e. The molecule has 6 nitrogen and oxygen atoms in total.